The van der Waals surface area contributed by atoms with Gasteiger partial charge in [-0.15, -0.1) is 5.10 Å². The number of thioether (sulfide) groups is 1. The highest BCUT2D eigenvalue weighted by Gasteiger charge is 2.10. The van der Waals surface area contributed by atoms with Crippen LogP contribution in [0.25, 0.3) is 0 Å². The molecule has 0 amide bonds. The Morgan fingerprint density at radius 3 is 3.11 bits per heavy atom. The predicted octanol–water partition coefficient (Wildman–Crippen LogP) is 0.260. The fraction of sp³-hybridized carbons (Fsp3) is 0.667. The average molecular weight is 269 g/mol. The Bertz CT molecular complexity index is 483. The molecule has 0 bridgehead atoms. The molecule has 0 aromatic carbocycles. The van der Waals surface area contributed by atoms with Gasteiger partial charge in [0.05, 0.1) is 12.3 Å². The molecule has 2 rings (SSSR count). The van der Waals surface area contributed by atoms with Crippen molar-refractivity contribution in [3.63, 3.8) is 0 Å². The zero-order valence-electron chi connectivity index (χ0n) is 10.1. The molecule has 2 aromatic heterocycles. The second-order valence-corrected chi connectivity index (χ2v) is 4.56. The molecule has 0 saturated carbocycles. The molecular weight excluding hydrogens is 254 g/mol. The van der Waals surface area contributed by atoms with Crippen molar-refractivity contribution >= 4 is 11.8 Å². The molecule has 2 heterocycles. The molecule has 0 spiro atoms. The number of tetrazole rings is 1. The smallest absolute Gasteiger partial charge is 0.226 e. The molecule has 0 radical (unpaired) electrons. The number of hydrogen-bond donors (Lipinski definition) is 1. The molecule has 2 aromatic rings. The van der Waals surface area contributed by atoms with Crippen LogP contribution in [-0.2, 0) is 18.7 Å². The summed E-state index contributed by atoms with van der Waals surface area (Å²) < 4.78 is 6.76. The van der Waals surface area contributed by atoms with Crippen LogP contribution in [0, 0.1) is 0 Å². The van der Waals surface area contributed by atoms with Gasteiger partial charge >= 0.3 is 0 Å². The average Bonchev–Trinajstić information content (AvgIpc) is 2.97. The third-order valence-electron chi connectivity index (χ3n) is 2.14. The molecule has 0 fully saturated rings. The Kier molecular flexibility index (Phi) is 4.65. The summed E-state index contributed by atoms with van der Waals surface area (Å²) in [6.45, 7) is 3.17. The minimum Gasteiger partial charge on any atom is -0.339 e. The molecule has 0 saturated heterocycles. The van der Waals surface area contributed by atoms with Gasteiger partial charge in [0.2, 0.25) is 11.0 Å². The summed E-state index contributed by atoms with van der Waals surface area (Å²) in [5.74, 6) is 1.92. The van der Waals surface area contributed by atoms with Crippen molar-refractivity contribution in [2.75, 3.05) is 6.54 Å². The highest BCUT2D eigenvalue weighted by atomic mass is 32.2. The summed E-state index contributed by atoms with van der Waals surface area (Å²) in [6, 6.07) is 0. The fourth-order valence-corrected chi connectivity index (χ4v) is 2.10. The van der Waals surface area contributed by atoms with E-state index in [1.54, 1.807) is 4.68 Å². The quantitative estimate of drug-likeness (QED) is 0.713. The zero-order chi connectivity index (χ0) is 12.8. The lowest BCUT2D eigenvalue weighted by Crippen LogP contribution is -2.12. The van der Waals surface area contributed by atoms with E-state index in [2.05, 4.69) is 32.6 Å². The number of nitrogens with two attached hydrogens (primary N) is 1. The molecule has 98 valence electrons. The Hall–Kier alpha value is -1.48. The first-order valence-electron chi connectivity index (χ1n) is 5.74. The standard InChI is InChI=1S/C9H15N7OS/c1-2-3-8-11-7(13-17-8)6-18-9-12-14-15-16(9)5-4-10/h2-6,10H2,1H3. The molecule has 2 N–H and O–H groups in total. The van der Waals surface area contributed by atoms with E-state index in [1.165, 1.54) is 11.8 Å². The van der Waals surface area contributed by atoms with Gasteiger partial charge in [0.25, 0.3) is 0 Å². The number of rotatable bonds is 7. The maximum absolute atomic E-state index is 5.47. The van der Waals surface area contributed by atoms with Crippen molar-refractivity contribution < 1.29 is 4.52 Å². The van der Waals surface area contributed by atoms with Gasteiger partial charge in [-0.2, -0.15) is 4.98 Å². The molecule has 8 nitrogen and oxygen atoms in total. The first-order valence-corrected chi connectivity index (χ1v) is 6.72. The van der Waals surface area contributed by atoms with Crippen LogP contribution in [-0.4, -0.2) is 36.9 Å². The van der Waals surface area contributed by atoms with Gasteiger partial charge in [-0.3, -0.25) is 0 Å². The summed E-state index contributed by atoms with van der Waals surface area (Å²) in [5.41, 5.74) is 5.47. The van der Waals surface area contributed by atoms with E-state index in [0.717, 1.165) is 12.8 Å². The Balaban J connectivity index is 1.91. The second kappa shape index (κ2) is 6.45. The van der Waals surface area contributed by atoms with Crippen molar-refractivity contribution in [2.45, 2.75) is 37.2 Å². The highest BCUT2D eigenvalue weighted by Crippen LogP contribution is 2.18. The van der Waals surface area contributed by atoms with Crippen LogP contribution in [0.2, 0.25) is 0 Å². The van der Waals surface area contributed by atoms with E-state index < -0.39 is 0 Å². The van der Waals surface area contributed by atoms with Gasteiger partial charge < -0.3 is 10.3 Å². The lowest BCUT2D eigenvalue weighted by Gasteiger charge is -1.99. The van der Waals surface area contributed by atoms with Crippen molar-refractivity contribution in [3.8, 4) is 0 Å². The molecule has 0 aliphatic rings. The topological polar surface area (TPSA) is 109 Å². The summed E-state index contributed by atoms with van der Waals surface area (Å²) >= 11 is 1.46. The Morgan fingerprint density at radius 2 is 2.33 bits per heavy atom. The summed E-state index contributed by atoms with van der Waals surface area (Å²) in [4.78, 5) is 4.27. The molecule has 0 atom stereocenters. The van der Waals surface area contributed by atoms with Crippen LogP contribution in [0.3, 0.4) is 0 Å². The van der Waals surface area contributed by atoms with Gasteiger partial charge in [0.15, 0.2) is 5.82 Å². The van der Waals surface area contributed by atoms with Gasteiger partial charge in [-0.05, 0) is 16.8 Å². The minimum absolute atomic E-state index is 0.501. The van der Waals surface area contributed by atoms with E-state index in [4.69, 9.17) is 10.3 Å². The third-order valence-corrected chi connectivity index (χ3v) is 3.10. The van der Waals surface area contributed by atoms with E-state index in [-0.39, 0.29) is 0 Å². The van der Waals surface area contributed by atoms with E-state index in [0.29, 0.717) is 35.7 Å². The van der Waals surface area contributed by atoms with E-state index in [1.807, 2.05) is 0 Å². The number of aryl methyl sites for hydroxylation is 1. The van der Waals surface area contributed by atoms with Gasteiger partial charge in [-0.25, -0.2) is 4.68 Å². The van der Waals surface area contributed by atoms with Gasteiger partial charge in [0.1, 0.15) is 0 Å². The fourth-order valence-electron chi connectivity index (χ4n) is 1.36. The normalized spacial score (nSPS) is 11.0. The van der Waals surface area contributed by atoms with Crippen LogP contribution in [0.5, 0.6) is 0 Å². The Labute approximate surface area is 108 Å². The first-order chi connectivity index (χ1) is 8.83. The Morgan fingerprint density at radius 1 is 1.44 bits per heavy atom. The van der Waals surface area contributed by atoms with Crippen LogP contribution in [0.4, 0.5) is 0 Å². The summed E-state index contributed by atoms with van der Waals surface area (Å²) in [7, 11) is 0. The summed E-state index contributed by atoms with van der Waals surface area (Å²) in [5, 5.41) is 16.0. The molecular formula is C9H15N7OS. The van der Waals surface area contributed by atoms with Crippen molar-refractivity contribution in [1.29, 1.82) is 0 Å². The van der Waals surface area contributed by atoms with Crippen LogP contribution in [0.1, 0.15) is 25.1 Å². The number of aromatic nitrogens is 6. The van der Waals surface area contributed by atoms with Gasteiger partial charge in [-0.1, -0.05) is 23.8 Å². The lowest BCUT2D eigenvalue weighted by atomic mass is 10.3. The van der Waals surface area contributed by atoms with Crippen LogP contribution < -0.4 is 5.73 Å². The maximum Gasteiger partial charge on any atom is 0.226 e. The summed E-state index contributed by atoms with van der Waals surface area (Å²) in [6.07, 6.45) is 1.80. The van der Waals surface area contributed by atoms with Crippen molar-refractivity contribution in [2.24, 2.45) is 5.73 Å². The number of hydrogen-bond acceptors (Lipinski definition) is 8. The second-order valence-electron chi connectivity index (χ2n) is 3.62. The predicted molar refractivity (Wildman–Crippen MR) is 64.7 cm³/mol. The van der Waals surface area contributed by atoms with E-state index >= 15 is 0 Å². The third kappa shape index (κ3) is 3.26. The van der Waals surface area contributed by atoms with Crippen LogP contribution >= 0.6 is 11.8 Å². The van der Waals surface area contributed by atoms with Crippen LogP contribution in [0.15, 0.2) is 9.68 Å². The van der Waals surface area contributed by atoms with Gasteiger partial charge in [0, 0.05) is 13.0 Å². The van der Waals surface area contributed by atoms with E-state index in [9.17, 15) is 0 Å². The van der Waals surface area contributed by atoms with Crippen molar-refractivity contribution in [3.05, 3.63) is 11.7 Å². The molecule has 9 heteroatoms. The molecule has 18 heavy (non-hydrogen) atoms. The number of nitrogens with zero attached hydrogens (tertiary/aromatic N) is 6. The molecule has 0 aliphatic heterocycles. The highest BCUT2D eigenvalue weighted by molar-refractivity contribution is 7.98. The monoisotopic (exact) mass is 269 g/mol. The first kappa shape index (κ1) is 13.0. The van der Waals surface area contributed by atoms with Crippen molar-refractivity contribution in [1.82, 2.24) is 30.3 Å². The minimum atomic E-state index is 0.501. The zero-order valence-corrected chi connectivity index (χ0v) is 10.9. The largest absolute Gasteiger partial charge is 0.339 e. The maximum atomic E-state index is 5.47. The molecule has 0 aliphatic carbocycles. The SMILES string of the molecule is CCCc1nc(CSc2nnnn2CCN)no1. The lowest BCUT2D eigenvalue weighted by molar-refractivity contribution is 0.373. The molecule has 0 unspecified atom stereocenters.